The molecule has 0 unspecified atom stereocenters. The van der Waals surface area contributed by atoms with Gasteiger partial charge in [-0.3, -0.25) is 9.89 Å². The first-order valence-corrected chi connectivity index (χ1v) is 7.51. The predicted octanol–water partition coefficient (Wildman–Crippen LogP) is 2.14. The molecule has 0 amide bonds. The van der Waals surface area contributed by atoms with Gasteiger partial charge in [-0.15, -0.1) is 0 Å². The molecule has 0 bridgehead atoms. The first-order valence-electron chi connectivity index (χ1n) is 7.10. The number of aromatic nitrogens is 3. The molecular formula is C15H16N4O3S. The van der Waals surface area contributed by atoms with Crippen molar-refractivity contribution in [2.45, 2.75) is 19.8 Å². The van der Waals surface area contributed by atoms with Crippen molar-refractivity contribution in [2.24, 2.45) is 5.10 Å². The molecule has 2 aromatic rings. The van der Waals surface area contributed by atoms with Crippen molar-refractivity contribution in [3.8, 4) is 0 Å². The Balaban J connectivity index is 2.08. The molecule has 1 N–H and O–H groups in total. The van der Waals surface area contributed by atoms with Crippen LogP contribution >= 0.6 is 12.2 Å². The minimum absolute atomic E-state index is 0.102. The number of nitrogens with zero attached hydrogens (tertiary/aromatic N) is 3. The van der Waals surface area contributed by atoms with Crippen LogP contribution in [0.25, 0.3) is 0 Å². The average Bonchev–Trinajstić information content (AvgIpc) is 2.55. The Bertz CT molecular complexity index is 780. The highest BCUT2D eigenvalue weighted by atomic mass is 32.1. The molecule has 0 aliphatic carbocycles. The van der Waals surface area contributed by atoms with E-state index >= 15 is 0 Å². The third kappa shape index (κ3) is 4.68. The van der Waals surface area contributed by atoms with Crippen molar-refractivity contribution in [1.29, 1.82) is 0 Å². The molecule has 1 heterocycles. The Hall–Kier alpha value is -2.61. The molecule has 0 saturated heterocycles. The summed E-state index contributed by atoms with van der Waals surface area (Å²) in [6.45, 7) is 2.45. The monoisotopic (exact) mass is 332 g/mol. The molecule has 2 rings (SSSR count). The van der Waals surface area contributed by atoms with E-state index < -0.39 is 5.56 Å². The van der Waals surface area contributed by atoms with Crippen LogP contribution < -0.4 is 5.56 Å². The molecule has 8 heteroatoms. The van der Waals surface area contributed by atoms with Crippen LogP contribution in [-0.2, 0) is 4.74 Å². The standard InChI is InChI=1S/C15H16N4O3S/c1-2-3-8-22-14(21)12-6-4-11(5-7-12)9-17-19-13(20)10-16-18-15(19)23/h4-7,9-10H,2-3,8H2,1H3,(H,18,23)/b17-9-. The van der Waals surface area contributed by atoms with Gasteiger partial charge in [-0.1, -0.05) is 25.5 Å². The van der Waals surface area contributed by atoms with E-state index in [0.717, 1.165) is 23.7 Å². The van der Waals surface area contributed by atoms with Crippen molar-refractivity contribution in [3.05, 3.63) is 56.7 Å². The molecule has 1 aromatic heterocycles. The zero-order valence-electron chi connectivity index (χ0n) is 12.6. The fraction of sp³-hybridized carbons (Fsp3) is 0.267. The van der Waals surface area contributed by atoms with Crippen molar-refractivity contribution >= 4 is 24.4 Å². The maximum atomic E-state index is 11.8. The quantitative estimate of drug-likeness (QED) is 0.379. The zero-order chi connectivity index (χ0) is 16.7. The number of hydrogen-bond acceptors (Lipinski definition) is 6. The molecule has 0 radical (unpaired) electrons. The lowest BCUT2D eigenvalue weighted by molar-refractivity contribution is 0.0500. The molecular weight excluding hydrogens is 316 g/mol. The van der Waals surface area contributed by atoms with Gasteiger partial charge >= 0.3 is 5.97 Å². The summed E-state index contributed by atoms with van der Waals surface area (Å²) in [6.07, 6.45) is 4.37. The summed E-state index contributed by atoms with van der Waals surface area (Å²) in [6, 6.07) is 6.70. The summed E-state index contributed by atoms with van der Waals surface area (Å²) in [5, 5.41) is 10.0. The fourth-order valence-electron chi connectivity index (χ4n) is 1.68. The fourth-order valence-corrected chi connectivity index (χ4v) is 1.87. The number of rotatable bonds is 6. The molecule has 23 heavy (non-hydrogen) atoms. The number of ether oxygens (including phenoxy) is 1. The van der Waals surface area contributed by atoms with Gasteiger partial charge in [-0.2, -0.15) is 14.9 Å². The maximum Gasteiger partial charge on any atom is 0.338 e. The van der Waals surface area contributed by atoms with Gasteiger partial charge in [-0.05, 0) is 36.3 Å². The van der Waals surface area contributed by atoms with E-state index in [-0.39, 0.29) is 10.7 Å². The Morgan fingerprint density at radius 1 is 1.43 bits per heavy atom. The summed E-state index contributed by atoms with van der Waals surface area (Å²) in [5.74, 6) is -0.352. The van der Waals surface area contributed by atoms with Crippen LogP contribution in [0, 0.1) is 4.77 Å². The minimum Gasteiger partial charge on any atom is -0.462 e. The highest BCUT2D eigenvalue weighted by Crippen LogP contribution is 2.05. The van der Waals surface area contributed by atoms with E-state index in [1.54, 1.807) is 24.3 Å². The van der Waals surface area contributed by atoms with Gasteiger partial charge in [0, 0.05) is 0 Å². The van der Waals surface area contributed by atoms with E-state index in [4.69, 9.17) is 17.0 Å². The van der Waals surface area contributed by atoms with Crippen LogP contribution in [0.15, 0.2) is 40.4 Å². The molecule has 0 atom stereocenters. The third-order valence-electron chi connectivity index (χ3n) is 2.94. The molecule has 0 fully saturated rings. The number of nitrogens with one attached hydrogen (secondary N) is 1. The van der Waals surface area contributed by atoms with Gasteiger partial charge in [0.15, 0.2) is 0 Å². The summed E-state index contributed by atoms with van der Waals surface area (Å²) in [7, 11) is 0. The lowest BCUT2D eigenvalue weighted by atomic mass is 10.1. The lowest BCUT2D eigenvalue weighted by Gasteiger charge is -2.03. The number of unbranched alkanes of at least 4 members (excludes halogenated alkanes) is 1. The first-order chi connectivity index (χ1) is 11.1. The molecule has 7 nitrogen and oxygen atoms in total. The van der Waals surface area contributed by atoms with Gasteiger partial charge in [0.2, 0.25) is 4.77 Å². The molecule has 0 aliphatic rings. The number of carbonyl (C=O) groups is 1. The number of H-pyrrole nitrogens is 1. The Kier molecular flexibility index (Phi) is 5.93. The number of esters is 1. The smallest absolute Gasteiger partial charge is 0.338 e. The van der Waals surface area contributed by atoms with Crippen molar-refractivity contribution in [3.63, 3.8) is 0 Å². The van der Waals surface area contributed by atoms with E-state index in [1.807, 2.05) is 6.92 Å². The van der Waals surface area contributed by atoms with E-state index in [0.29, 0.717) is 17.7 Å². The highest BCUT2D eigenvalue weighted by Gasteiger charge is 2.06. The summed E-state index contributed by atoms with van der Waals surface area (Å²) < 4.78 is 6.25. The topological polar surface area (TPSA) is 89.3 Å². The summed E-state index contributed by atoms with van der Waals surface area (Å²) in [5.41, 5.74) is 0.756. The second kappa shape index (κ2) is 8.14. The third-order valence-corrected chi connectivity index (χ3v) is 3.20. The van der Waals surface area contributed by atoms with Crippen LogP contribution in [0.5, 0.6) is 0 Å². The van der Waals surface area contributed by atoms with Crippen LogP contribution in [0.3, 0.4) is 0 Å². The first kappa shape index (κ1) is 16.8. The normalized spacial score (nSPS) is 10.8. The molecule has 0 saturated carbocycles. The molecule has 0 spiro atoms. The second-order valence-electron chi connectivity index (χ2n) is 4.68. The summed E-state index contributed by atoms with van der Waals surface area (Å²) >= 11 is 4.93. The molecule has 1 aromatic carbocycles. The van der Waals surface area contributed by atoms with Gasteiger partial charge in [0.1, 0.15) is 6.20 Å². The highest BCUT2D eigenvalue weighted by molar-refractivity contribution is 7.71. The van der Waals surface area contributed by atoms with Crippen LogP contribution in [0.4, 0.5) is 0 Å². The van der Waals surface area contributed by atoms with Crippen LogP contribution in [-0.4, -0.2) is 33.7 Å². The number of aromatic amines is 1. The lowest BCUT2D eigenvalue weighted by Crippen LogP contribution is -2.18. The molecule has 0 aliphatic heterocycles. The SMILES string of the molecule is CCCCOC(=O)c1ccc(/C=N\n2c(=O)cn[nH]c2=S)cc1. The number of carbonyl (C=O) groups excluding carboxylic acids is 1. The predicted molar refractivity (Wildman–Crippen MR) is 88.3 cm³/mol. The summed E-state index contributed by atoms with van der Waals surface area (Å²) in [4.78, 5) is 23.3. The van der Waals surface area contributed by atoms with E-state index in [2.05, 4.69) is 15.3 Å². The largest absolute Gasteiger partial charge is 0.462 e. The average molecular weight is 332 g/mol. The molecule has 120 valence electrons. The second-order valence-corrected chi connectivity index (χ2v) is 5.07. The van der Waals surface area contributed by atoms with Crippen LogP contribution in [0.2, 0.25) is 0 Å². The number of benzene rings is 1. The Morgan fingerprint density at radius 2 is 2.17 bits per heavy atom. The zero-order valence-corrected chi connectivity index (χ0v) is 13.4. The Morgan fingerprint density at radius 3 is 2.83 bits per heavy atom. The van der Waals surface area contributed by atoms with Crippen LogP contribution in [0.1, 0.15) is 35.7 Å². The Labute approximate surface area is 137 Å². The van der Waals surface area contributed by atoms with E-state index in [9.17, 15) is 9.59 Å². The van der Waals surface area contributed by atoms with Gasteiger partial charge in [-0.25, -0.2) is 4.79 Å². The van der Waals surface area contributed by atoms with Gasteiger partial charge in [0.25, 0.3) is 5.56 Å². The van der Waals surface area contributed by atoms with Gasteiger partial charge in [0.05, 0.1) is 18.4 Å². The van der Waals surface area contributed by atoms with Gasteiger partial charge < -0.3 is 4.74 Å². The van der Waals surface area contributed by atoms with E-state index in [1.165, 1.54) is 6.21 Å². The minimum atomic E-state index is -0.430. The maximum absolute atomic E-state index is 11.8. The van der Waals surface area contributed by atoms with Crippen molar-refractivity contribution in [1.82, 2.24) is 14.9 Å². The van der Waals surface area contributed by atoms with Crippen molar-refractivity contribution in [2.75, 3.05) is 6.61 Å². The number of hydrogen-bond donors (Lipinski definition) is 1. The van der Waals surface area contributed by atoms with Crippen molar-refractivity contribution < 1.29 is 9.53 Å².